The number of rotatable bonds is 7. The number of anilines is 1. The first-order valence-corrected chi connectivity index (χ1v) is 11.5. The van der Waals surface area contributed by atoms with Crippen molar-refractivity contribution in [3.05, 3.63) is 86.1 Å². The number of hydrogen-bond acceptors (Lipinski definition) is 6. The maximum Gasteiger partial charge on any atom is 0.337 e. The van der Waals surface area contributed by atoms with E-state index in [1.54, 1.807) is 6.07 Å². The second kappa shape index (κ2) is 9.33. The summed E-state index contributed by atoms with van der Waals surface area (Å²) in [6, 6.07) is 10.3. The van der Waals surface area contributed by atoms with Crippen LogP contribution < -0.4 is 4.72 Å². The number of sulfonamides is 1. The molecule has 3 aromatic carbocycles. The molecule has 166 valence electrons. The van der Waals surface area contributed by atoms with Gasteiger partial charge in [0.1, 0.15) is 5.82 Å². The fourth-order valence-corrected chi connectivity index (χ4v) is 4.95. The number of halogens is 3. The summed E-state index contributed by atoms with van der Waals surface area (Å²) < 4.78 is 40.8. The van der Waals surface area contributed by atoms with Crippen LogP contribution in [0.4, 0.5) is 15.8 Å². The molecule has 8 nitrogen and oxygen atoms in total. The number of carboxylic acids is 1. The van der Waals surface area contributed by atoms with Crippen LogP contribution in [0.25, 0.3) is 0 Å². The molecule has 0 amide bonds. The second-order valence-corrected chi connectivity index (χ2v) is 9.78. The summed E-state index contributed by atoms with van der Waals surface area (Å²) in [6.07, 6.45) is 0. The van der Waals surface area contributed by atoms with Crippen molar-refractivity contribution < 1.29 is 27.6 Å². The van der Waals surface area contributed by atoms with E-state index in [-0.39, 0.29) is 9.92 Å². The average molecular weight is 517 g/mol. The van der Waals surface area contributed by atoms with Crippen LogP contribution in [-0.2, 0) is 10.0 Å². The summed E-state index contributed by atoms with van der Waals surface area (Å²) in [5, 5.41) is 21.3. The standard InChI is InChI=1S/C19H11Cl2FN2O6S2/c20-14-4-2-11(8-15(14)21)31-18-6-3-12(9-17(18)24(27)28)32(29,30)23-16-5-1-10(22)7-13(16)19(25)26/h1-9,23H,(H,25,26). The maximum atomic E-state index is 13.3. The van der Waals surface area contributed by atoms with Crippen molar-refractivity contribution >= 4 is 62.3 Å². The quantitative estimate of drug-likeness (QED) is 0.305. The molecule has 0 atom stereocenters. The summed E-state index contributed by atoms with van der Waals surface area (Å²) in [7, 11) is -4.43. The van der Waals surface area contributed by atoms with Crippen molar-refractivity contribution in [1.29, 1.82) is 0 Å². The van der Waals surface area contributed by atoms with Crippen molar-refractivity contribution in [3.8, 4) is 0 Å². The first-order chi connectivity index (χ1) is 15.0. The van der Waals surface area contributed by atoms with Gasteiger partial charge in [-0.15, -0.1) is 0 Å². The van der Waals surface area contributed by atoms with Gasteiger partial charge < -0.3 is 5.11 Å². The zero-order valence-corrected chi connectivity index (χ0v) is 18.7. The summed E-state index contributed by atoms with van der Waals surface area (Å²) in [5.74, 6) is -2.42. The third-order valence-electron chi connectivity index (χ3n) is 4.01. The zero-order valence-electron chi connectivity index (χ0n) is 15.6. The fraction of sp³-hybridized carbons (Fsp3) is 0. The van der Waals surface area contributed by atoms with Crippen LogP contribution in [-0.4, -0.2) is 24.4 Å². The predicted octanol–water partition coefficient (Wildman–Crippen LogP) is 5.69. The SMILES string of the molecule is O=C(O)c1cc(F)ccc1NS(=O)(=O)c1ccc(Sc2ccc(Cl)c(Cl)c2)c([N+](=O)[O-])c1. The molecule has 0 saturated heterocycles. The second-order valence-electron chi connectivity index (χ2n) is 6.17. The molecule has 0 fully saturated rings. The lowest BCUT2D eigenvalue weighted by molar-refractivity contribution is -0.388. The number of carboxylic acid groups (broad SMARTS) is 1. The molecule has 3 rings (SSSR count). The van der Waals surface area contributed by atoms with E-state index in [1.807, 2.05) is 4.72 Å². The molecule has 3 aromatic rings. The minimum Gasteiger partial charge on any atom is -0.478 e. The molecule has 0 aliphatic carbocycles. The maximum absolute atomic E-state index is 13.3. The van der Waals surface area contributed by atoms with Gasteiger partial charge in [0.15, 0.2) is 0 Å². The topological polar surface area (TPSA) is 127 Å². The molecule has 13 heteroatoms. The molecule has 0 bridgehead atoms. The van der Waals surface area contributed by atoms with E-state index in [4.69, 9.17) is 23.2 Å². The van der Waals surface area contributed by atoms with Crippen LogP contribution in [0.2, 0.25) is 10.0 Å². The van der Waals surface area contributed by atoms with Crippen LogP contribution in [0.3, 0.4) is 0 Å². The van der Waals surface area contributed by atoms with Gasteiger partial charge in [-0.05, 0) is 48.5 Å². The third kappa shape index (κ3) is 5.30. The molecule has 0 aromatic heterocycles. The number of nitro benzene ring substituents is 1. The van der Waals surface area contributed by atoms with Gasteiger partial charge in [-0.25, -0.2) is 17.6 Å². The van der Waals surface area contributed by atoms with Gasteiger partial charge >= 0.3 is 5.97 Å². The van der Waals surface area contributed by atoms with E-state index < -0.39 is 48.6 Å². The van der Waals surface area contributed by atoms with E-state index >= 15 is 0 Å². The van der Waals surface area contributed by atoms with Crippen LogP contribution in [0.15, 0.2) is 69.3 Å². The summed E-state index contributed by atoms with van der Waals surface area (Å²) in [4.78, 5) is 22.3. The van der Waals surface area contributed by atoms with Crippen molar-refractivity contribution in [2.45, 2.75) is 14.7 Å². The average Bonchev–Trinajstić information content (AvgIpc) is 2.71. The van der Waals surface area contributed by atoms with Crippen LogP contribution in [0.5, 0.6) is 0 Å². The van der Waals surface area contributed by atoms with Gasteiger partial charge in [-0.1, -0.05) is 35.0 Å². The summed E-state index contributed by atoms with van der Waals surface area (Å²) in [5.41, 5.74) is -1.51. The summed E-state index contributed by atoms with van der Waals surface area (Å²) in [6.45, 7) is 0. The highest BCUT2D eigenvalue weighted by Crippen LogP contribution is 2.38. The largest absolute Gasteiger partial charge is 0.478 e. The first kappa shape index (κ1) is 23.8. The lowest BCUT2D eigenvalue weighted by atomic mass is 10.2. The normalized spacial score (nSPS) is 11.2. The lowest BCUT2D eigenvalue weighted by Gasteiger charge is -2.11. The van der Waals surface area contributed by atoms with E-state index in [0.29, 0.717) is 16.0 Å². The molecule has 0 aliphatic heterocycles. The molecular formula is C19H11Cl2FN2O6S2. The van der Waals surface area contributed by atoms with Crippen LogP contribution in [0, 0.1) is 15.9 Å². The van der Waals surface area contributed by atoms with Gasteiger partial charge in [0, 0.05) is 11.0 Å². The smallest absolute Gasteiger partial charge is 0.337 e. The third-order valence-corrected chi connectivity index (χ3v) is 7.17. The van der Waals surface area contributed by atoms with Crippen LogP contribution in [0.1, 0.15) is 10.4 Å². The Labute approximate surface area is 195 Å². The van der Waals surface area contributed by atoms with Crippen molar-refractivity contribution in [1.82, 2.24) is 0 Å². The van der Waals surface area contributed by atoms with E-state index in [1.165, 1.54) is 18.2 Å². The molecule has 0 aliphatic rings. The number of aromatic carboxylic acids is 1. The highest BCUT2D eigenvalue weighted by Gasteiger charge is 2.24. The number of hydrogen-bond donors (Lipinski definition) is 2. The van der Waals surface area contributed by atoms with E-state index in [9.17, 15) is 32.8 Å². The number of nitro groups is 1. The highest BCUT2D eigenvalue weighted by molar-refractivity contribution is 7.99. The molecule has 0 radical (unpaired) electrons. The Bertz CT molecular complexity index is 1350. The number of nitrogens with one attached hydrogen (secondary N) is 1. The monoisotopic (exact) mass is 516 g/mol. The van der Waals surface area contributed by atoms with Crippen molar-refractivity contribution in [2.75, 3.05) is 4.72 Å². The number of benzene rings is 3. The van der Waals surface area contributed by atoms with Gasteiger partial charge in [0.25, 0.3) is 15.7 Å². The fourth-order valence-electron chi connectivity index (χ4n) is 2.55. The molecule has 32 heavy (non-hydrogen) atoms. The van der Waals surface area contributed by atoms with Crippen molar-refractivity contribution in [3.63, 3.8) is 0 Å². The molecule has 0 spiro atoms. The molecular weight excluding hydrogens is 506 g/mol. The Morgan fingerprint density at radius 1 is 1.06 bits per heavy atom. The highest BCUT2D eigenvalue weighted by atomic mass is 35.5. The molecule has 0 heterocycles. The minimum atomic E-state index is -4.43. The number of carbonyl (C=O) groups is 1. The minimum absolute atomic E-state index is 0.139. The predicted molar refractivity (Wildman–Crippen MR) is 118 cm³/mol. The molecule has 0 saturated carbocycles. The summed E-state index contributed by atoms with van der Waals surface area (Å²) >= 11 is 12.8. The molecule has 2 N–H and O–H groups in total. The number of nitrogens with zero attached hydrogens (tertiary/aromatic N) is 1. The Kier molecular flexibility index (Phi) is 6.94. The molecule has 0 unspecified atom stereocenters. The Morgan fingerprint density at radius 2 is 1.78 bits per heavy atom. The lowest BCUT2D eigenvalue weighted by Crippen LogP contribution is -2.16. The van der Waals surface area contributed by atoms with Gasteiger partial charge in [-0.3, -0.25) is 14.8 Å². The van der Waals surface area contributed by atoms with Gasteiger partial charge in [0.05, 0.1) is 36.0 Å². The Morgan fingerprint density at radius 3 is 2.41 bits per heavy atom. The Balaban J connectivity index is 1.98. The van der Waals surface area contributed by atoms with E-state index in [2.05, 4.69) is 0 Å². The van der Waals surface area contributed by atoms with E-state index in [0.717, 1.165) is 36.0 Å². The zero-order chi connectivity index (χ0) is 23.6. The van der Waals surface area contributed by atoms with Gasteiger partial charge in [-0.2, -0.15) is 0 Å². The van der Waals surface area contributed by atoms with Crippen LogP contribution >= 0.6 is 35.0 Å². The van der Waals surface area contributed by atoms with Crippen molar-refractivity contribution in [2.24, 2.45) is 0 Å². The first-order valence-electron chi connectivity index (χ1n) is 8.45. The van der Waals surface area contributed by atoms with Gasteiger partial charge in [0.2, 0.25) is 0 Å². The Hall–Kier alpha value is -2.86.